The number of ether oxygens (including phenoxy) is 5. The molecule has 12 nitrogen and oxygen atoms in total. The Balaban J connectivity index is 2.73. The summed E-state index contributed by atoms with van der Waals surface area (Å²) in [6.07, 6.45) is 47.7. The largest absolute Gasteiger partial charge is 0.479 e. The molecule has 0 aliphatic carbocycles. The highest BCUT2D eigenvalue weighted by Gasteiger charge is 2.50. The van der Waals surface area contributed by atoms with Crippen LogP contribution in [-0.4, -0.2) is 89.2 Å². The molecule has 0 radical (unpaired) electrons. The Hall–Kier alpha value is -3.58. The minimum Gasteiger partial charge on any atom is -0.479 e. The molecule has 1 aliphatic rings. The van der Waals surface area contributed by atoms with Gasteiger partial charge in [0.25, 0.3) is 0 Å². The first kappa shape index (κ1) is 67.4. The van der Waals surface area contributed by atoms with Crippen molar-refractivity contribution in [3.05, 3.63) is 60.8 Å². The monoisotopic (exact) mass is 1030 g/mol. The third-order valence-electron chi connectivity index (χ3n) is 13.1. The van der Waals surface area contributed by atoms with Crippen LogP contribution in [0, 0.1) is 0 Å². The molecule has 0 amide bonds. The molecule has 0 aromatic heterocycles. The van der Waals surface area contributed by atoms with Crippen LogP contribution in [0.15, 0.2) is 60.8 Å². The third-order valence-corrected chi connectivity index (χ3v) is 13.1. The number of carbonyl (C=O) groups excluding carboxylic acids is 3. The van der Waals surface area contributed by atoms with Crippen molar-refractivity contribution >= 4 is 23.9 Å². The molecule has 6 unspecified atom stereocenters. The average molecular weight is 1030 g/mol. The van der Waals surface area contributed by atoms with Gasteiger partial charge in [-0.15, -0.1) is 0 Å². The summed E-state index contributed by atoms with van der Waals surface area (Å²) in [4.78, 5) is 51.0. The summed E-state index contributed by atoms with van der Waals surface area (Å²) in [6, 6.07) is 0. The summed E-state index contributed by atoms with van der Waals surface area (Å²) in [5.41, 5.74) is 0. The molecule has 1 rings (SSSR count). The summed E-state index contributed by atoms with van der Waals surface area (Å²) < 4.78 is 28.4. The highest BCUT2D eigenvalue weighted by atomic mass is 16.7. The second-order valence-corrected chi connectivity index (χ2v) is 19.9. The minimum absolute atomic E-state index is 0.0582. The summed E-state index contributed by atoms with van der Waals surface area (Å²) in [6.45, 7) is 5.83. The fraction of sp³-hybridized carbons (Fsp3) is 0.770. The summed E-state index contributed by atoms with van der Waals surface area (Å²) in [5, 5.41) is 31.4. The van der Waals surface area contributed by atoms with Gasteiger partial charge in [0.15, 0.2) is 24.6 Å². The van der Waals surface area contributed by atoms with Crippen molar-refractivity contribution in [1.29, 1.82) is 0 Å². The maximum atomic E-state index is 13.1. The second kappa shape index (κ2) is 49.3. The fourth-order valence-corrected chi connectivity index (χ4v) is 8.64. The van der Waals surface area contributed by atoms with E-state index in [0.717, 1.165) is 77.0 Å². The Bertz CT molecular complexity index is 1500. The maximum absolute atomic E-state index is 13.1. The summed E-state index contributed by atoms with van der Waals surface area (Å²) in [7, 11) is 0. The first-order chi connectivity index (χ1) is 35.6. The number of carboxylic acid groups (broad SMARTS) is 1. The molecule has 1 heterocycles. The van der Waals surface area contributed by atoms with Gasteiger partial charge in [-0.25, -0.2) is 4.79 Å². The molecule has 6 atom stereocenters. The lowest BCUT2D eigenvalue weighted by Crippen LogP contribution is -2.61. The number of aliphatic hydroxyl groups excluding tert-OH is 2. The van der Waals surface area contributed by atoms with E-state index in [9.17, 15) is 34.5 Å². The first-order valence-electron chi connectivity index (χ1n) is 29.3. The van der Waals surface area contributed by atoms with E-state index in [-0.39, 0.29) is 25.9 Å². The number of hydrogen-bond acceptors (Lipinski definition) is 11. The van der Waals surface area contributed by atoms with Crippen LogP contribution in [0.3, 0.4) is 0 Å². The number of rotatable bonds is 49. The van der Waals surface area contributed by atoms with Crippen molar-refractivity contribution in [1.82, 2.24) is 0 Å². The van der Waals surface area contributed by atoms with Crippen LogP contribution in [-0.2, 0) is 42.9 Å². The van der Waals surface area contributed by atoms with E-state index in [1.807, 2.05) is 6.08 Å². The van der Waals surface area contributed by atoms with Gasteiger partial charge >= 0.3 is 23.9 Å². The van der Waals surface area contributed by atoms with Gasteiger partial charge in [0, 0.05) is 19.3 Å². The predicted octanol–water partition coefficient (Wildman–Crippen LogP) is 14.8. The van der Waals surface area contributed by atoms with Crippen molar-refractivity contribution in [3.63, 3.8) is 0 Å². The van der Waals surface area contributed by atoms with E-state index in [2.05, 4.69) is 75.5 Å². The van der Waals surface area contributed by atoms with Gasteiger partial charge in [-0.1, -0.05) is 236 Å². The minimum atomic E-state index is -1.91. The summed E-state index contributed by atoms with van der Waals surface area (Å²) in [5.74, 6) is -3.18. The molecule has 0 aromatic rings. The molecular formula is C61H104O12. The molecule has 0 spiro atoms. The highest BCUT2D eigenvalue weighted by molar-refractivity contribution is 5.74. The Morgan fingerprint density at radius 3 is 1.30 bits per heavy atom. The predicted molar refractivity (Wildman–Crippen MR) is 294 cm³/mol. The van der Waals surface area contributed by atoms with Crippen LogP contribution in [0.25, 0.3) is 0 Å². The smallest absolute Gasteiger partial charge is 0.335 e. The molecule has 1 saturated heterocycles. The van der Waals surface area contributed by atoms with Gasteiger partial charge in [-0.3, -0.25) is 14.4 Å². The van der Waals surface area contributed by atoms with Gasteiger partial charge in [0.05, 0.1) is 6.61 Å². The van der Waals surface area contributed by atoms with Crippen molar-refractivity contribution in [2.24, 2.45) is 0 Å². The lowest BCUT2D eigenvalue weighted by Gasteiger charge is -2.40. The van der Waals surface area contributed by atoms with Crippen LogP contribution < -0.4 is 0 Å². The molecule has 73 heavy (non-hydrogen) atoms. The average Bonchev–Trinajstić information content (AvgIpc) is 3.37. The molecule has 1 fully saturated rings. The highest BCUT2D eigenvalue weighted by Crippen LogP contribution is 2.26. The topological polar surface area (TPSA) is 175 Å². The first-order valence-corrected chi connectivity index (χ1v) is 29.3. The molecule has 420 valence electrons. The van der Waals surface area contributed by atoms with Crippen molar-refractivity contribution in [2.75, 3.05) is 13.2 Å². The molecule has 0 aromatic carbocycles. The number of allylic oxidation sites excluding steroid dienone is 10. The molecule has 3 N–H and O–H groups in total. The van der Waals surface area contributed by atoms with E-state index in [1.54, 1.807) is 0 Å². The second-order valence-electron chi connectivity index (χ2n) is 19.9. The van der Waals surface area contributed by atoms with Crippen molar-refractivity contribution in [2.45, 2.75) is 289 Å². The molecule has 1 aliphatic heterocycles. The van der Waals surface area contributed by atoms with Crippen molar-refractivity contribution < 1.29 is 58.2 Å². The van der Waals surface area contributed by atoms with Crippen LogP contribution in [0.1, 0.15) is 252 Å². The van der Waals surface area contributed by atoms with Crippen LogP contribution in [0.5, 0.6) is 0 Å². The number of aliphatic hydroxyl groups is 2. The zero-order chi connectivity index (χ0) is 53.3. The number of esters is 3. The van der Waals surface area contributed by atoms with Gasteiger partial charge in [-0.2, -0.15) is 0 Å². The molecule has 0 bridgehead atoms. The van der Waals surface area contributed by atoms with Crippen LogP contribution in [0.4, 0.5) is 0 Å². The van der Waals surface area contributed by atoms with E-state index < -0.39 is 67.3 Å². The number of carboxylic acids is 1. The molecule has 12 heteroatoms. The molecule has 0 saturated carbocycles. The van der Waals surface area contributed by atoms with Crippen LogP contribution in [0.2, 0.25) is 0 Å². The Morgan fingerprint density at radius 1 is 0.466 bits per heavy atom. The van der Waals surface area contributed by atoms with Gasteiger partial charge in [0.2, 0.25) is 0 Å². The zero-order valence-corrected chi connectivity index (χ0v) is 46.1. The number of unbranched alkanes of at least 4 members (excludes halogenated alkanes) is 25. The Morgan fingerprint density at radius 2 is 0.863 bits per heavy atom. The third kappa shape index (κ3) is 39.5. The van der Waals surface area contributed by atoms with E-state index in [1.165, 1.54) is 109 Å². The number of hydrogen-bond donors (Lipinski definition) is 3. The maximum Gasteiger partial charge on any atom is 0.335 e. The van der Waals surface area contributed by atoms with E-state index >= 15 is 0 Å². The SMILES string of the molecule is CC/C=C\C/C=C\C/C=C\C/C=C\C/C=C\CCCC(=O)OCC(COC1OC(C(=O)O)C(O)C(O)C1OC(=O)CCCCCCCCCCCCCCC)OC(=O)CCCCCCCCCCCCCCC. The Labute approximate surface area is 443 Å². The van der Waals surface area contributed by atoms with Crippen LogP contribution >= 0.6 is 0 Å². The number of carbonyl (C=O) groups is 4. The number of aliphatic carboxylic acids is 1. The van der Waals surface area contributed by atoms with Gasteiger partial charge in [0.1, 0.15) is 18.8 Å². The standard InChI is InChI=1S/C61H104O12/c1-4-7-10-13-16-19-22-25-26-27-28-31-32-35-38-41-44-47-53(62)69-50-52(71-54(63)48-45-42-39-36-33-29-23-20-17-14-11-8-5-2)51-70-61-59(57(66)56(65)58(73-61)60(67)68)72-55(64)49-46-43-40-37-34-30-24-21-18-15-12-9-6-3/h7,10,16,19,25-26,28,31,35,38,52,56-59,61,65-66H,4-6,8-9,11-15,17-18,20-24,27,29-30,32-34,36-37,39-51H2,1-3H3,(H,67,68)/b10-7-,19-16-,26-25-,31-28-,38-35-. The lowest BCUT2D eigenvalue weighted by atomic mass is 9.98. The van der Waals surface area contributed by atoms with E-state index in [4.69, 9.17) is 23.7 Å². The summed E-state index contributed by atoms with van der Waals surface area (Å²) >= 11 is 0. The Kier molecular flexibility index (Phi) is 45.5. The van der Waals surface area contributed by atoms with Crippen molar-refractivity contribution in [3.8, 4) is 0 Å². The normalized spacial score (nSPS) is 18.7. The quantitative estimate of drug-likeness (QED) is 0.0228. The zero-order valence-electron chi connectivity index (χ0n) is 46.1. The molecular weight excluding hydrogens is 925 g/mol. The lowest BCUT2D eigenvalue weighted by molar-refractivity contribution is -0.301. The van der Waals surface area contributed by atoms with Gasteiger partial charge in [-0.05, 0) is 57.8 Å². The van der Waals surface area contributed by atoms with E-state index in [0.29, 0.717) is 25.7 Å². The van der Waals surface area contributed by atoms with Gasteiger partial charge < -0.3 is 39.0 Å². The fourth-order valence-electron chi connectivity index (χ4n) is 8.64.